The number of thiazole rings is 1. The monoisotopic (exact) mass is 370 g/mol. The summed E-state index contributed by atoms with van der Waals surface area (Å²) in [5.41, 5.74) is 3.06. The molecule has 2 aromatic heterocycles. The molecule has 0 aliphatic carbocycles. The Morgan fingerprint density at radius 2 is 2.08 bits per heavy atom. The van der Waals surface area contributed by atoms with Crippen molar-refractivity contribution in [2.45, 2.75) is 33.2 Å². The second kappa shape index (κ2) is 8.14. The highest BCUT2D eigenvalue weighted by Crippen LogP contribution is 2.22. The maximum Gasteiger partial charge on any atom is 0.269 e. The van der Waals surface area contributed by atoms with Crippen LogP contribution in [0.1, 0.15) is 39.4 Å². The number of benzene rings is 1. The van der Waals surface area contributed by atoms with Crippen molar-refractivity contribution in [3.05, 3.63) is 51.6 Å². The molecule has 2 heterocycles. The van der Waals surface area contributed by atoms with Crippen molar-refractivity contribution >= 4 is 17.2 Å². The molecule has 7 heteroatoms. The lowest BCUT2D eigenvalue weighted by molar-refractivity contribution is 0.0946. The zero-order valence-electron chi connectivity index (χ0n) is 15.1. The van der Waals surface area contributed by atoms with E-state index in [-0.39, 0.29) is 5.91 Å². The maximum atomic E-state index is 12.4. The van der Waals surface area contributed by atoms with Crippen molar-refractivity contribution in [1.29, 1.82) is 0 Å². The minimum absolute atomic E-state index is 0.179. The van der Waals surface area contributed by atoms with Crippen LogP contribution in [0.4, 0.5) is 0 Å². The lowest BCUT2D eigenvalue weighted by Crippen LogP contribution is -2.23. The van der Waals surface area contributed by atoms with Crippen LogP contribution in [-0.4, -0.2) is 28.2 Å². The van der Waals surface area contributed by atoms with Crippen molar-refractivity contribution in [2.24, 2.45) is 0 Å². The van der Waals surface area contributed by atoms with E-state index in [4.69, 9.17) is 4.74 Å². The summed E-state index contributed by atoms with van der Waals surface area (Å²) in [5.74, 6) is 0.603. The first-order valence-corrected chi connectivity index (χ1v) is 9.35. The third kappa shape index (κ3) is 4.11. The standard InChI is InChI=1S/C19H22N4O2S/c1-4-5-18-21-12(2)17(26-18)11-20-19(24)16-10-15(22-23-16)13-6-8-14(25-3)9-7-13/h6-10H,4-5,11H2,1-3H3,(H,20,24)(H,22,23). The first-order chi connectivity index (χ1) is 12.6. The normalized spacial score (nSPS) is 10.7. The predicted molar refractivity (Wildman–Crippen MR) is 103 cm³/mol. The number of aromatic nitrogens is 3. The Balaban J connectivity index is 1.64. The fourth-order valence-electron chi connectivity index (χ4n) is 2.58. The van der Waals surface area contributed by atoms with Crippen LogP contribution in [0.3, 0.4) is 0 Å². The number of carbonyl (C=O) groups excluding carboxylic acids is 1. The zero-order valence-corrected chi connectivity index (χ0v) is 15.9. The number of nitrogens with zero attached hydrogens (tertiary/aromatic N) is 2. The first-order valence-electron chi connectivity index (χ1n) is 8.54. The molecule has 0 fully saturated rings. The highest BCUT2D eigenvalue weighted by molar-refractivity contribution is 7.11. The topological polar surface area (TPSA) is 79.9 Å². The van der Waals surface area contributed by atoms with Gasteiger partial charge in [-0.3, -0.25) is 9.89 Å². The fraction of sp³-hybridized carbons (Fsp3) is 0.316. The Hall–Kier alpha value is -2.67. The Morgan fingerprint density at radius 3 is 2.77 bits per heavy atom. The molecule has 6 nitrogen and oxygen atoms in total. The van der Waals surface area contributed by atoms with Crippen LogP contribution in [0.15, 0.2) is 30.3 Å². The number of H-pyrrole nitrogens is 1. The molecular formula is C19H22N4O2S. The molecule has 26 heavy (non-hydrogen) atoms. The fourth-order valence-corrected chi connectivity index (χ4v) is 3.69. The maximum absolute atomic E-state index is 12.4. The average Bonchev–Trinajstić information content (AvgIpc) is 3.27. The number of hydrogen-bond donors (Lipinski definition) is 2. The van der Waals surface area contributed by atoms with E-state index in [1.165, 1.54) is 0 Å². The van der Waals surface area contributed by atoms with Gasteiger partial charge in [-0.2, -0.15) is 5.10 Å². The molecule has 0 aliphatic rings. The number of aromatic amines is 1. The smallest absolute Gasteiger partial charge is 0.269 e. The van der Waals surface area contributed by atoms with Crippen molar-refractivity contribution in [3.63, 3.8) is 0 Å². The summed E-state index contributed by atoms with van der Waals surface area (Å²) in [4.78, 5) is 18.0. The average molecular weight is 370 g/mol. The van der Waals surface area contributed by atoms with E-state index in [2.05, 4.69) is 27.4 Å². The van der Waals surface area contributed by atoms with E-state index in [1.807, 2.05) is 31.2 Å². The van der Waals surface area contributed by atoms with Gasteiger partial charge in [0.15, 0.2) is 0 Å². The van der Waals surface area contributed by atoms with Gasteiger partial charge in [-0.1, -0.05) is 6.92 Å². The van der Waals surface area contributed by atoms with Gasteiger partial charge in [0, 0.05) is 10.4 Å². The highest BCUT2D eigenvalue weighted by Gasteiger charge is 2.13. The second-order valence-electron chi connectivity index (χ2n) is 5.94. The molecule has 1 amide bonds. The number of ether oxygens (including phenoxy) is 1. The molecule has 0 saturated carbocycles. The number of rotatable bonds is 7. The van der Waals surface area contributed by atoms with Crippen molar-refractivity contribution < 1.29 is 9.53 Å². The Morgan fingerprint density at radius 1 is 1.31 bits per heavy atom. The second-order valence-corrected chi connectivity index (χ2v) is 7.11. The van der Waals surface area contributed by atoms with E-state index >= 15 is 0 Å². The molecule has 1 aromatic carbocycles. The van der Waals surface area contributed by atoms with Crippen LogP contribution in [-0.2, 0) is 13.0 Å². The molecule has 0 aliphatic heterocycles. The quantitative estimate of drug-likeness (QED) is 0.664. The van der Waals surface area contributed by atoms with Gasteiger partial charge in [0.1, 0.15) is 11.4 Å². The minimum atomic E-state index is -0.179. The van der Waals surface area contributed by atoms with Gasteiger partial charge in [0.05, 0.1) is 30.1 Å². The van der Waals surface area contributed by atoms with Crippen LogP contribution in [0.5, 0.6) is 5.75 Å². The number of methoxy groups -OCH3 is 1. The summed E-state index contributed by atoms with van der Waals surface area (Å²) in [6.45, 7) is 4.59. The number of hydrogen-bond acceptors (Lipinski definition) is 5. The first kappa shape index (κ1) is 18.1. The molecule has 0 unspecified atom stereocenters. The van der Waals surface area contributed by atoms with E-state index < -0.39 is 0 Å². The van der Waals surface area contributed by atoms with Gasteiger partial charge in [-0.05, 0) is 50.1 Å². The summed E-state index contributed by atoms with van der Waals surface area (Å²) in [5, 5.41) is 11.1. The van der Waals surface area contributed by atoms with Gasteiger partial charge in [-0.15, -0.1) is 11.3 Å². The third-order valence-electron chi connectivity index (χ3n) is 4.02. The zero-order chi connectivity index (χ0) is 18.5. The molecule has 0 radical (unpaired) electrons. The van der Waals surface area contributed by atoms with E-state index in [0.717, 1.165) is 45.4 Å². The predicted octanol–water partition coefficient (Wildman–Crippen LogP) is 3.73. The van der Waals surface area contributed by atoms with Gasteiger partial charge in [-0.25, -0.2) is 4.98 Å². The molecule has 0 bridgehead atoms. The number of nitrogens with one attached hydrogen (secondary N) is 2. The van der Waals surface area contributed by atoms with Crippen molar-refractivity contribution in [3.8, 4) is 17.0 Å². The summed E-state index contributed by atoms with van der Waals surface area (Å²) in [7, 11) is 1.63. The molecule has 136 valence electrons. The van der Waals surface area contributed by atoms with Crippen LogP contribution in [0.2, 0.25) is 0 Å². The van der Waals surface area contributed by atoms with Crippen molar-refractivity contribution in [1.82, 2.24) is 20.5 Å². The lowest BCUT2D eigenvalue weighted by Gasteiger charge is -2.01. The lowest BCUT2D eigenvalue weighted by atomic mass is 10.1. The van der Waals surface area contributed by atoms with Crippen LogP contribution in [0.25, 0.3) is 11.3 Å². The third-order valence-corrected chi connectivity index (χ3v) is 5.24. The molecule has 0 saturated heterocycles. The number of amides is 1. The molecule has 3 rings (SSSR count). The Labute approximate surface area is 156 Å². The summed E-state index contributed by atoms with van der Waals surface area (Å²) >= 11 is 1.66. The van der Waals surface area contributed by atoms with Crippen LogP contribution in [0, 0.1) is 6.92 Å². The Kier molecular flexibility index (Phi) is 5.68. The largest absolute Gasteiger partial charge is 0.497 e. The number of aryl methyl sites for hydroxylation is 2. The summed E-state index contributed by atoms with van der Waals surface area (Å²) in [6, 6.07) is 9.30. The van der Waals surface area contributed by atoms with E-state index in [0.29, 0.717) is 12.2 Å². The van der Waals surface area contributed by atoms with E-state index in [1.54, 1.807) is 24.5 Å². The van der Waals surface area contributed by atoms with Gasteiger partial charge in [0.2, 0.25) is 0 Å². The van der Waals surface area contributed by atoms with Gasteiger partial charge in [0.25, 0.3) is 5.91 Å². The Bertz CT molecular complexity index is 883. The molecular weight excluding hydrogens is 348 g/mol. The summed E-state index contributed by atoms with van der Waals surface area (Å²) in [6.07, 6.45) is 2.05. The summed E-state index contributed by atoms with van der Waals surface area (Å²) < 4.78 is 5.15. The molecule has 3 aromatic rings. The minimum Gasteiger partial charge on any atom is -0.497 e. The molecule has 0 spiro atoms. The molecule has 0 atom stereocenters. The van der Waals surface area contributed by atoms with Crippen LogP contribution >= 0.6 is 11.3 Å². The van der Waals surface area contributed by atoms with Gasteiger partial charge < -0.3 is 10.1 Å². The highest BCUT2D eigenvalue weighted by atomic mass is 32.1. The molecule has 2 N–H and O–H groups in total. The number of carbonyl (C=O) groups is 1. The van der Waals surface area contributed by atoms with E-state index in [9.17, 15) is 4.79 Å². The van der Waals surface area contributed by atoms with Crippen molar-refractivity contribution in [2.75, 3.05) is 7.11 Å². The van der Waals surface area contributed by atoms with Crippen LogP contribution < -0.4 is 10.1 Å². The van der Waals surface area contributed by atoms with Gasteiger partial charge >= 0.3 is 0 Å². The SMILES string of the molecule is CCCc1nc(C)c(CNC(=O)c2cc(-c3ccc(OC)cc3)n[nH]2)s1.